The summed E-state index contributed by atoms with van der Waals surface area (Å²) in [4.78, 5) is 12.0. The molecule has 0 bridgehead atoms. The molecule has 136 valence electrons. The molecule has 1 N–H and O–H groups in total. The zero-order valence-electron chi connectivity index (χ0n) is 15.3. The van der Waals surface area contributed by atoms with Gasteiger partial charge in [-0.05, 0) is 35.8 Å². The fourth-order valence-corrected chi connectivity index (χ4v) is 3.34. The van der Waals surface area contributed by atoms with Crippen LogP contribution in [0.4, 0.5) is 0 Å². The highest BCUT2D eigenvalue weighted by Crippen LogP contribution is 2.29. The predicted molar refractivity (Wildman–Crippen MR) is 103 cm³/mol. The highest BCUT2D eigenvalue weighted by atomic mass is 16.1. The fraction of sp³-hybridized carbons (Fsp3) is 0.200. The van der Waals surface area contributed by atoms with Gasteiger partial charge in [-0.25, -0.2) is 0 Å². The third-order valence-corrected chi connectivity index (χ3v) is 4.70. The van der Waals surface area contributed by atoms with Crippen molar-refractivity contribution in [2.24, 2.45) is 0 Å². The van der Waals surface area contributed by atoms with Gasteiger partial charge in [0.2, 0.25) is 5.82 Å². The second-order valence-corrected chi connectivity index (χ2v) is 6.38. The maximum atomic E-state index is 12.0. The summed E-state index contributed by atoms with van der Waals surface area (Å²) in [6.45, 7) is 5.26. The molecule has 0 atom stereocenters. The van der Waals surface area contributed by atoms with Crippen LogP contribution in [-0.4, -0.2) is 30.0 Å². The first kappa shape index (κ1) is 17.0. The summed E-state index contributed by atoms with van der Waals surface area (Å²) in [7, 11) is 0. The molecule has 0 aliphatic heterocycles. The van der Waals surface area contributed by atoms with E-state index in [1.54, 1.807) is 10.7 Å². The molecule has 0 aliphatic rings. The fourth-order valence-electron chi connectivity index (χ4n) is 3.34. The molecule has 0 saturated heterocycles. The van der Waals surface area contributed by atoms with E-state index in [0.717, 1.165) is 27.9 Å². The van der Waals surface area contributed by atoms with Gasteiger partial charge in [-0.1, -0.05) is 48.5 Å². The maximum absolute atomic E-state index is 12.0. The van der Waals surface area contributed by atoms with Gasteiger partial charge in [0.1, 0.15) is 0 Å². The van der Waals surface area contributed by atoms with Gasteiger partial charge in [0.05, 0.1) is 6.54 Å². The number of aryl methyl sites for hydroxylation is 1. The van der Waals surface area contributed by atoms with E-state index in [-0.39, 0.29) is 5.56 Å². The van der Waals surface area contributed by atoms with Crippen molar-refractivity contribution in [3.8, 4) is 22.5 Å². The van der Waals surface area contributed by atoms with Gasteiger partial charge in [-0.2, -0.15) is 5.21 Å². The first-order valence-corrected chi connectivity index (χ1v) is 8.86. The van der Waals surface area contributed by atoms with Crippen LogP contribution in [0.5, 0.6) is 0 Å². The van der Waals surface area contributed by atoms with Gasteiger partial charge in [-0.3, -0.25) is 14.2 Å². The van der Waals surface area contributed by atoms with E-state index in [4.69, 9.17) is 0 Å². The number of H-pyrrole nitrogens is 1. The number of benzene rings is 2. The first-order valence-electron chi connectivity index (χ1n) is 8.86. The van der Waals surface area contributed by atoms with E-state index in [9.17, 15) is 4.79 Å². The number of hydrogen-bond acceptors (Lipinski definition) is 4. The Morgan fingerprint density at radius 3 is 2.41 bits per heavy atom. The SMILES string of the molecule is CCn1c(=O)cc(C)n1Cc1ccc(-c2ccccc2-c2nn[nH]n2)cc1. The quantitative estimate of drug-likeness (QED) is 0.593. The molecule has 27 heavy (non-hydrogen) atoms. The van der Waals surface area contributed by atoms with Crippen LogP contribution in [0.25, 0.3) is 22.5 Å². The first-order chi connectivity index (χ1) is 13.2. The van der Waals surface area contributed by atoms with Crippen LogP contribution < -0.4 is 5.56 Å². The lowest BCUT2D eigenvalue weighted by Gasteiger charge is -2.13. The van der Waals surface area contributed by atoms with Crippen molar-refractivity contribution in [3.63, 3.8) is 0 Å². The van der Waals surface area contributed by atoms with Crippen molar-refractivity contribution in [1.82, 2.24) is 30.0 Å². The largest absolute Gasteiger partial charge is 0.283 e. The number of aromatic amines is 1. The van der Waals surface area contributed by atoms with Crippen LogP contribution in [0.3, 0.4) is 0 Å². The molecule has 0 spiro atoms. The van der Waals surface area contributed by atoms with Gasteiger partial charge in [-0.15, -0.1) is 10.2 Å². The lowest BCUT2D eigenvalue weighted by molar-refractivity contribution is 0.479. The van der Waals surface area contributed by atoms with Gasteiger partial charge in [0, 0.05) is 23.9 Å². The Kier molecular flexibility index (Phi) is 4.42. The third-order valence-electron chi connectivity index (χ3n) is 4.70. The molecule has 0 unspecified atom stereocenters. The Labute approximate surface area is 156 Å². The molecule has 4 rings (SSSR count). The Morgan fingerprint density at radius 2 is 1.74 bits per heavy atom. The van der Waals surface area contributed by atoms with E-state index < -0.39 is 0 Å². The van der Waals surface area contributed by atoms with E-state index in [0.29, 0.717) is 18.9 Å². The summed E-state index contributed by atoms with van der Waals surface area (Å²) >= 11 is 0. The van der Waals surface area contributed by atoms with Gasteiger partial charge >= 0.3 is 0 Å². The smallest absolute Gasteiger partial charge is 0.266 e. The summed E-state index contributed by atoms with van der Waals surface area (Å²) in [5.74, 6) is 0.574. The molecule has 0 radical (unpaired) electrons. The number of rotatable bonds is 5. The summed E-state index contributed by atoms with van der Waals surface area (Å²) in [6.07, 6.45) is 0. The summed E-state index contributed by atoms with van der Waals surface area (Å²) in [5.41, 5.74) is 5.20. The van der Waals surface area contributed by atoms with Gasteiger partial charge < -0.3 is 0 Å². The van der Waals surface area contributed by atoms with Crippen molar-refractivity contribution in [1.29, 1.82) is 0 Å². The van der Waals surface area contributed by atoms with Crippen LogP contribution >= 0.6 is 0 Å². The minimum absolute atomic E-state index is 0.0423. The molecule has 7 heteroatoms. The summed E-state index contributed by atoms with van der Waals surface area (Å²) in [6, 6.07) is 18.0. The van der Waals surface area contributed by atoms with Crippen molar-refractivity contribution in [2.75, 3.05) is 0 Å². The Morgan fingerprint density at radius 1 is 1.00 bits per heavy atom. The van der Waals surface area contributed by atoms with Crippen molar-refractivity contribution >= 4 is 0 Å². The van der Waals surface area contributed by atoms with Crippen LogP contribution in [0.1, 0.15) is 18.2 Å². The normalized spacial score (nSPS) is 11.0. The topological polar surface area (TPSA) is 81.4 Å². The minimum Gasteiger partial charge on any atom is -0.283 e. The molecule has 2 aromatic heterocycles. The lowest BCUT2D eigenvalue weighted by Crippen LogP contribution is -2.22. The van der Waals surface area contributed by atoms with E-state index in [2.05, 4.69) is 44.9 Å². The number of tetrazole rings is 1. The Hall–Kier alpha value is -3.48. The maximum Gasteiger partial charge on any atom is 0.266 e. The standard InChI is InChI=1S/C20H20N6O/c1-3-25-19(27)12-14(2)26(25)13-15-8-10-16(11-9-15)17-6-4-5-7-18(17)20-21-23-24-22-20/h4-12H,3,13H2,1-2H3,(H,21,22,23,24). The van der Waals surface area contributed by atoms with Crippen molar-refractivity contribution in [3.05, 3.63) is 76.2 Å². The highest BCUT2D eigenvalue weighted by Gasteiger charge is 2.11. The average Bonchev–Trinajstić information content (AvgIpc) is 3.31. The molecule has 0 aliphatic carbocycles. The van der Waals surface area contributed by atoms with E-state index in [1.807, 2.05) is 42.8 Å². The lowest BCUT2D eigenvalue weighted by atomic mass is 9.98. The zero-order valence-corrected chi connectivity index (χ0v) is 15.3. The average molecular weight is 360 g/mol. The van der Waals surface area contributed by atoms with Gasteiger partial charge in [0.15, 0.2) is 0 Å². The highest BCUT2D eigenvalue weighted by molar-refractivity contribution is 5.80. The van der Waals surface area contributed by atoms with Crippen LogP contribution in [0.2, 0.25) is 0 Å². The van der Waals surface area contributed by atoms with Gasteiger partial charge in [0.25, 0.3) is 5.56 Å². The third kappa shape index (κ3) is 3.19. The van der Waals surface area contributed by atoms with Crippen LogP contribution in [-0.2, 0) is 13.1 Å². The number of nitrogens with zero attached hydrogens (tertiary/aromatic N) is 5. The second-order valence-electron chi connectivity index (χ2n) is 6.38. The number of hydrogen-bond donors (Lipinski definition) is 1. The zero-order chi connectivity index (χ0) is 18.8. The molecule has 7 nitrogen and oxygen atoms in total. The molecular weight excluding hydrogens is 340 g/mol. The second kappa shape index (κ2) is 7.03. The minimum atomic E-state index is 0.0423. The van der Waals surface area contributed by atoms with E-state index >= 15 is 0 Å². The molecule has 0 amide bonds. The molecule has 2 heterocycles. The van der Waals surface area contributed by atoms with Crippen molar-refractivity contribution < 1.29 is 0 Å². The molecule has 4 aromatic rings. The molecule has 0 saturated carbocycles. The molecule has 2 aromatic carbocycles. The summed E-state index contributed by atoms with van der Waals surface area (Å²) in [5, 5.41) is 14.3. The van der Waals surface area contributed by atoms with Crippen LogP contribution in [0, 0.1) is 6.92 Å². The number of aromatic nitrogens is 6. The molecular formula is C20H20N6O. The Bertz CT molecular complexity index is 1110. The number of nitrogens with one attached hydrogen (secondary N) is 1. The molecule has 0 fully saturated rings. The Balaban J connectivity index is 1.66. The van der Waals surface area contributed by atoms with E-state index in [1.165, 1.54) is 0 Å². The summed E-state index contributed by atoms with van der Waals surface area (Å²) < 4.78 is 3.78. The van der Waals surface area contributed by atoms with Crippen LogP contribution in [0.15, 0.2) is 59.4 Å². The monoisotopic (exact) mass is 360 g/mol. The predicted octanol–water partition coefficient (Wildman–Crippen LogP) is 2.87. The van der Waals surface area contributed by atoms with Crippen molar-refractivity contribution in [2.45, 2.75) is 26.9 Å².